The monoisotopic (exact) mass is 239 g/mol. The number of hydrogen-bond acceptors (Lipinski definition) is 5. The van der Waals surface area contributed by atoms with Gasteiger partial charge in [0.1, 0.15) is 6.10 Å². The minimum atomic E-state index is -0.0333. The van der Waals surface area contributed by atoms with Gasteiger partial charge in [-0.25, -0.2) is 0 Å². The molecule has 0 bridgehead atoms. The van der Waals surface area contributed by atoms with E-state index in [0.29, 0.717) is 18.3 Å². The van der Waals surface area contributed by atoms with Crippen LogP contribution in [0.3, 0.4) is 0 Å². The maximum atomic E-state index is 5.58. The number of aromatic nitrogens is 2. The Morgan fingerprint density at radius 3 is 3.06 bits per heavy atom. The highest BCUT2D eigenvalue weighted by Gasteiger charge is 2.23. The fraction of sp³-hybridized carbons (Fsp3) is 0.833. The number of piperidine rings is 1. The number of rotatable bonds is 5. The molecule has 1 unspecified atom stereocenters. The second-order valence-electron chi connectivity index (χ2n) is 4.39. The van der Waals surface area contributed by atoms with Gasteiger partial charge in [-0.3, -0.25) is 0 Å². The number of nitrogens with zero attached hydrogens (tertiary/aromatic N) is 2. The highest BCUT2D eigenvalue weighted by atomic mass is 16.5. The van der Waals surface area contributed by atoms with Gasteiger partial charge in [-0.15, -0.1) is 0 Å². The van der Waals surface area contributed by atoms with Crippen molar-refractivity contribution >= 4 is 0 Å². The van der Waals surface area contributed by atoms with Crippen LogP contribution in [-0.2, 0) is 4.74 Å². The van der Waals surface area contributed by atoms with Crippen molar-refractivity contribution in [2.45, 2.75) is 45.1 Å². The molecule has 1 aromatic rings. The summed E-state index contributed by atoms with van der Waals surface area (Å²) >= 11 is 0. The van der Waals surface area contributed by atoms with Crippen LogP contribution in [0.5, 0.6) is 0 Å². The maximum absolute atomic E-state index is 5.58. The average molecular weight is 239 g/mol. The lowest BCUT2D eigenvalue weighted by Gasteiger charge is -2.18. The zero-order chi connectivity index (χ0) is 12.1. The van der Waals surface area contributed by atoms with Crippen LogP contribution in [0.4, 0.5) is 0 Å². The third-order valence-corrected chi connectivity index (χ3v) is 3.13. The van der Waals surface area contributed by atoms with Gasteiger partial charge in [-0.05, 0) is 32.7 Å². The molecule has 1 saturated heterocycles. The van der Waals surface area contributed by atoms with Crippen molar-refractivity contribution in [2.24, 2.45) is 0 Å². The van der Waals surface area contributed by atoms with Crippen molar-refractivity contribution in [3.8, 4) is 0 Å². The smallest absolute Gasteiger partial charge is 0.231 e. The third-order valence-electron chi connectivity index (χ3n) is 3.13. The van der Waals surface area contributed by atoms with Crippen LogP contribution in [0.2, 0.25) is 0 Å². The predicted molar refractivity (Wildman–Crippen MR) is 63.8 cm³/mol. The van der Waals surface area contributed by atoms with Gasteiger partial charge in [-0.2, -0.15) is 4.98 Å². The molecule has 0 amide bonds. The Morgan fingerprint density at radius 2 is 2.41 bits per heavy atom. The highest BCUT2D eigenvalue weighted by molar-refractivity contribution is 4.98. The van der Waals surface area contributed by atoms with Gasteiger partial charge in [0.05, 0.1) is 5.92 Å². The van der Waals surface area contributed by atoms with Crippen LogP contribution >= 0.6 is 0 Å². The van der Waals surface area contributed by atoms with Crippen LogP contribution < -0.4 is 5.32 Å². The minimum absolute atomic E-state index is 0.0333. The molecule has 17 heavy (non-hydrogen) atoms. The van der Waals surface area contributed by atoms with E-state index in [0.717, 1.165) is 31.8 Å². The molecule has 2 rings (SSSR count). The Bertz CT molecular complexity index is 315. The summed E-state index contributed by atoms with van der Waals surface area (Å²) in [6.45, 7) is 6.75. The lowest BCUT2D eigenvalue weighted by molar-refractivity contribution is 0.0518. The van der Waals surface area contributed by atoms with Crippen molar-refractivity contribution in [1.82, 2.24) is 15.5 Å². The van der Waals surface area contributed by atoms with Gasteiger partial charge in [0.25, 0.3) is 0 Å². The van der Waals surface area contributed by atoms with Gasteiger partial charge in [0.15, 0.2) is 0 Å². The van der Waals surface area contributed by atoms with Gasteiger partial charge < -0.3 is 14.6 Å². The summed E-state index contributed by atoms with van der Waals surface area (Å²) in [5, 5.41) is 7.39. The molecule has 96 valence electrons. The van der Waals surface area contributed by atoms with Gasteiger partial charge in [0, 0.05) is 13.2 Å². The fourth-order valence-electron chi connectivity index (χ4n) is 2.18. The van der Waals surface area contributed by atoms with Gasteiger partial charge >= 0.3 is 0 Å². The van der Waals surface area contributed by atoms with Crippen LogP contribution in [0.25, 0.3) is 0 Å². The van der Waals surface area contributed by atoms with E-state index in [1.165, 1.54) is 6.42 Å². The number of hydrogen-bond donors (Lipinski definition) is 1. The van der Waals surface area contributed by atoms with E-state index in [1.807, 2.05) is 6.92 Å². The molecule has 1 aliphatic heterocycles. The predicted octanol–water partition coefficient (Wildman–Crippen LogP) is 2.02. The van der Waals surface area contributed by atoms with E-state index in [9.17, 15) is 0 Å². The molecule has 0 spiro atoms. The second-order valence-corrected chi connectivity index (χ2v) is 4.39. The van der Waals surface area contributed by atoms with Crippen LogP contribution in [0, 0.1) is 0 Å². The first kappa shape index (κ1) is 12.5. The lowest BCUT2D eigenvalue weighted by atomic mass is 10.00. The molecule has 0 aliphatic carbocycles. The molecular weight excluding hydrogens is 218 g/mol. The molecule has 1 fully saturated rings. The molecule has 2 atom stereocenters. The summed E-state index contributed by atoms with van der Waals surface area (Å²) in [6.07, 6.45) is 3.13. The first-order valence-electron chi connectivity index (χ1n) is 6.51. The van der Waals surface area contributed by atoms with Crippen molar-refractivity contribution in [3.63, 3.8) is 0 Å². The molecule has 2 heterocycles. The van der Waals surface area contributed by atoms with E-state index in [-0.39, 0.29) is 6.10 Å². The first-order valence-corrected chi connectivity index (χ1v) is 6.51. The minimum Gasteiger partial charge on any atom is -0.370 e. The van der Waals surface area contributed by atoms with Crippen molar-refractivity contribution in [1.29, 1.82) is 0 Å². The number of ether oxygens (including phenoxy) is 1. The second kappa shape index (κ2) is 6.12. The molecular formula is C12H21N3O2. The first-order chi connectivity index (χ1) is 8.35. The standard InChI is InChI=1S/C12H21N3O2/c1-3-10(16-4-2)11-14-12(17-15-11)9-6-5-7-13-8-9/h9-10,13H,3-8H2,1-2H3/t9-,10?/m1/s1. The molecule has 0 saturated carbocycles. The van der Waals surface area contributed by atoms with E-state index >= 15 is 0 Å². The van der Waals surface area contributed by atoms with E-state index in [2.05, 4.69) is 22.4 Å². The summed E-state index contributed by atoms with van der Waals surface area (Å²) in [4.78, 5) is 4.48. The largest absolute Gasteiger partial charge is 0.370 e. The number of nitrogens with one attached hydrogen (secondary N) is 1. The van der Waals surface area contributed by atoms with E-state index in [1.54, 1.807) is 0 Å². The van der Waals surface area contributed by atoms with Crippen LogP contribution in [-0.4, -0.2) is 29.8 Å². The van der Waals surface area contributed by atoms with Crippen molar-refractivity contribution in [3.05, 3.63) is 11.7 Å². The molecule has 0 aromatic carbocycles. The topological polar surface area (TPSA) is 60.2 Å². The SMILES string of the molecule is CCOC(CC)c1noc([C@@H]2CCCNC2)n1. The summed E-state index contributed by atoms with van der Waals surface area (Å²) in [6, 6.07) is 0. The Kier molecular flexibility index (Phi) is 4.50. The highest BCUT2D eigenvalue weighted by Crippen LogP contribution is 2.24. The third kappa shape index (κ3) is 3.04. The Labute approximate surface area is 102 Å². The average Bonchev–Trinajstić information content (AvgIpc) is 2.86. The Morgan fingerprint density at radius 1 is 1.53 bits per heavy atom. The zero-order valence-corrected chi connectivity index (χ0v) is 10.6. The van der Waals surface area contributed by atoms with Crippen LogP contribution in [0.15, 0.2) is 4.52 Å². The Balaban J connectivity index is 2.03. The summed E-state index contributed by atoms with van der Waals surface area (Å²) in [7, 11) is 0. The van der Waals surface area contributed by atoms with Crippen molar-refractivity contribution in [2.75, 3.05) is 19.7 Å². The molecule has 0 radical (unpaired) electrons. The fourth-order valence-corrected chi connectivity index (χ4v) is 2.18. The summed E-state index contributed by atoms with van der Waals surface area (Å²) in [5.74, 6) is 1.81. The normalized spacial score (nSPS) is 22.6. The molecule has 1 N–H and O–H groups in total. The molecule has 1 aliphatic rings. The van der Waals surface area contributed by atoms with E-state index in [4.69, 9.17) is 9.26 Å². The molecule has 5 heteroatoms. The van der Waals surface area contributed by atoms with Crippen LogP contribution in [0.1, 0.15) is 56.8 Å². The summed E-state index contributed by atoms with van der Waals surface area (Å²) in [5.41, 5.74) is 0. The molecule has 5 nitrogen and oxygen atoms in total. The van der Waals surface area contributed by atoms with E-state index < -0.39 is 0 Å². The maximum Gasteiger partial charge on any atom is 0.231 e. The molecule has 1 aromatic heterocycles. The zero-order valence-electron chi connectivity index (χ0n) is 10.6. The lowest BCUT2D eigenvalue weighted by Crippen LogP contribution is -2.28. The van der Waals surface area contributed by atoms with Gasteiger partial charge in [-0.1, -0.05) is 12.1 Å². The van der Waals surface area contributed by atoms with Crippen molar-refractivity contribution < 1.29 is 9.26 Å². The van der Waals surface area contributed by atoms with Gasteiger partial charge in [0.2, 0.25) is 11.7 Å². The quantitative estimate of drug-likeness (QED) is 0.851. The Hall–Kier alpha value is -0.940. The summed E-state index contributed by atoms with van der Waals surface area (Å²) < 4.78 is 10.9.